The number of rotatable bonds is 3. The number of ether oxygens (including phenoxy) is 1. The van der Waals surface area contributed by atoms with Crippen LogP contribution in [0, 0.1) is 6.92 Å². The van der Waals surface area contributed by atoms with Crippen LogP contribution >= 0.6 is 0 Å². The Bertz CT molecular complexity index is 712. The molecule has 1 aromatic carbocycles. The summed E-state index contributed by atoms with van der Waals surface area (Å²) in [7, 11) is 0. The molecular formula is C17H18F3N3O. The molecule has 1 fully saturated rings. The van der Waals surface area contributed by atoms with E-state index in [2.05, 4.69) is 15.3 Å². The molecular weight excluding hydrogens is 319 g/mol. The second-order valence-electron chi connectivity index (χ2n) is 5.86. The SMILES string of the molecule is Cc1cc(Oc2cccc(C(F)(F)F)c2)nc(C2CCNCC2)n1. The van der Waals surface area contributed by atoms with Crippen molar-refractivity contribution in [2.45, 2.75) is 31.9 Å². The molecule has 2 aromatic rings. The monoisotopic (exact) mass is 337 g/mol. The van der Waals surface area contributed by atoms with Gasteiger partial charge < -0.3 is 10.1 Å². The van der Waals surface area contributed by atoms with Gasteiger partial charge in [-0.25, -0.2) is 4.98 Å². The molecule has 4 nitrogen and oxygen atoms in total. The molecule has 1 saturated heterocycles. The number of alkyl halides is 3. The minimum atomic E-state index is -4.40. The van der Waals surface area contributed by atoms with Gasteiger partial charge in [0.25, 0.3) is 0 Å². The zero-order valence-electron chi connectivity index (χ0n) is 13.2. The number of halogens is 3. The summed E-state index contributed by atoms with van der Waals surface area (Å²) in [5.41, 5.74) is -0.00938. The Morgan fingerprint density at radius 1 is 1.12 bits per heavy atom. The van der Waals surface area contributed by atoms with Gasteiger partial charge in [-0.3, -0.25) is 0 Å². The fraction of sp³-hybridized carbons (Fsp3) is 0.412. The van der Waals surface area contributed by atoms with E-state index in [0.29, 0.717) is 5.82 Å². The lowest BCUT2D eigenvalue weighted by Gasteiger charge is -2.21. The molecule has 128 valence electrons. The second kappa shape index (κ2) is 6.76. The number of piperidine rings is 1. The van der Waals surface area contributed by atoms with E-state index >= 15 is 0 Å². The van der Waals surface area contributed by atoms with Crippen LogP contribution in [0.5, 0.6) is 11.6 Å². The summed E-state index contributed by atoms with van der Waals surface area (Å²) >= 11 is 0. The normalized spacial score (nSPS) is 16.2. The molecule has 24 heavy (non-hydrogen) atoms. The van der Waals surface area contributed by atoms with Crippen LogP contribution in [-0.2, 0) is 6.18 Å². The lowest BCUT2D eigenvalue weighted by molar-refractivity contribution is -0.137. The van der Waals surface area contributed by atoms with E-state index in [1.807, 2.05) is 6.92 Å². The highest BCUT2D eigenvalue weighted by Crippen LogP contribution is 2.33. The standard InChI is InChI=1S/C17H18F3N3O/c1-11-9-15(23-16(22-11)12-5-7-21-8-6-12)24-14-4-2-3-13(10-14)17(18,19)20/h2-4,9-10,12,21H,5-8H2,1H3. The molecule has 1 N–H and O–H groups in total. The molecule has 7 heteroatoms. The first-order valence-corrected chi connectivity index (χ1v) is 7.83. The molecule has 0 radical (unpaired) electrons. The molecule has 3 rings (SSSR count). The molecule has 0 spiro atoms. The number of benzene rings is 1. The minimum absolute atomic E-state index is 0.110. The zero-order chi connectivity index (χ0) is 17.2. The summed E-state index contributed by atoms with van der Waals surface area (Å²) < 4.78 is 43.9. The van der Waals surface area contributed by atoms with Crippen molar-refractivity contribution in [2.75, 3.05) is 13.1 Å². The van der Waals surface area contributed by atoms with Crippen molar-refractivity contribution in [2.24, 2.45) is 0 Å². The largest absolute Gasteiger partial charge is 0.439 e. The summed E-state index contributed by atoms with van der Waals surface area (Å²) in [4.78, 5) is 8.86. The molecule has 1 aliphatic heterocycles. The van der Waals surface area contributed by atoms with Crippen LogP contribution in [0.4, 0.5) is 13.2 Å². The zero-order valence-corrected chi connectivity index (χ0v) is 13.2. The maximum atomic E-state index is 12.8. The number of hydrogen-bond donors (Lipinski definition) is 1. The Kier molecular flexibility index (Phi) is 4.71. The minimum Gasteiger partial charge on any atom is -0.439 e. The van der Waals surface area contributed by atoms with Crippen LogP contribution < -0.4 is 10.1 Å². The van der Waals surface area contributed by atoms with E-state index in [9.17, 15) is 13.2 Å². The number of aryl methyl sites for hydroxylation is 1. The molecule has 2 heterocycles. The van der Waals surface area contributed by atoms with Crippen LogP contribution in [0.1, 0.15) is 35.8 Å². The summed E-state index contributed by atoms with van der Waals surface area (Å²) in [6, 6.07) is 6.42. The lowest BCUT2D eigenvalue weighted by atomic mass is 9.97. The number of nitrogens with one attached hydrogen (secondary N) is 1. The maximum absolute atomic E-state index is 12.8. The lowest BCUT2D eigenvalue weighted by Crippen LogP contribution is -2.27. The molecule has 0 aliphatic carbocycles. The summed E-state index contributed by atoms with van der Waals surface area (Å²) in [6.07, 6.45) is -2.53. The fourth-order valence-electron chi connectivity index (χ4n) is 2.73. The van der Waals surface area contributed by atoms with Crippen molar-refractivity contribution >= 4 is 0 Å². The van der Waals surface area contributed by atoms with Crippen molar-refractivity contribution in [3.8, 4) is 11.6 Å². The summed E-state index contributed by atoms with van der Waals surface area (Å²) in [5.74, 6) is 1.32. The first-order chi connectivity index (χ1) is 11.4. The van der Waals surface area contributed by atoms with E-state index in [1.54, 1.807) is 6.07 Å². The highest BCUT2D eigenvalue weighted by Gasteiger charge is 2.30. The van der Waals surface area contributed by atoms with Gasteiger partial charge in [-0.15, -0.1) is 0 Å². The van der Waals surface area contributed by atoms with Gasteiger partial charge in [0.05, 0.1) is 5.56 Å². The molecule has 0 unspecified atom stereocenters. The fourth-order valence-corrected chi connectivity index (χ4v) is 2.73. The van der Waals surface area contributed by atoms with E-state index < -0.39 is 11.7 Å². The van der Waals surface area contributed by atoms with Gasteiger partial charge in [0, 0.05) is 17.7 Å². The molecule has 0 atom stereocenters. The summed E-state index contributed by atoms with van der Waals surface area (Å²) in [5, 5.41) is 3.28. The number of aromatic nitrogens is 2. The molecule has 1 aromatic heterocycles. The topological polar surface area (TPSA) is 47.0 Å². The average Bonchev–Trinajstić information content (AvgIpc) is 2.54. The average molecular weight is 337 g/mol. The van der Waals surface area contributed by atoms with Crippen molar-refractivity contribution in [3.63, 3.8) is 0 Å². The maximum Gasteiger partial charge on any atom is 0.416 e. The van der Waals surface area contributed by atoms with Gasteiger partial charge in [0.1, 0.15) is 11.6 Å². The van der Waals surface area contributed by atoms with Crippen molar-refractivity contribution < 1.29 is 17.9 Å². The van der Waals surface area contributed by atoms with Crippen LogP contribution in [0.25, 0.3) is 0 Å². The Hall–Kier alpha value is -2.15. The van der Waals surface area contributed by atoms with E-state index in [1.165, 1.54) is 12.1 Å². The Morgan fingerprint density at radius 3 is 2.58 bits per heavy atom. The van der Waals surface area contributed by atoms with Gasteiger partial charge in [-0.2, -0.15) is 18.2 Å². The third kappa shape index (κ3) is 4.03. The second-order valence-corrected chi connectivity index (χ2v) is 5.86. The predicted molar refractivity (Wildman–Crippen MR) is 83.1 cm³/mol. The Balaban J connectivity index is 1.83. The predicted octanol–water partition coefficient (Wildman–Crippen LogP) is 4.06. The third-order valence-electron chi connectivity index (χ3n) is 3.94. The van der Waals surface area contributed by atoms with Gasteiger partial charge in [-0.1, -0.05) is 6.07 Å². The van der Waals surface area contributed by atoms with E-state index in [-0.39, 0.29) is 17.5 Å². The van der Waals surface area contributed by atoms with E-state index in [0.717, 1.165) is 43.8 Å². The third-order valence-corrected chi connectivity index (χ3v) is 3.94. The van der Waals surface area contributed by atoms with Crippen molar-refractivity contribution in [1.82, 2.24) is 15.3 Å². The molecule has 0 saturated carbocycles. The van der Waals surface area contributed by atoms with Crippen LogP contribution in [0.3, 0.4) is 0 Å². The smallest absolute Gasteiger partial charge is 0.416 e. The van der Waals surface area contributed by atoms with Gasteiger partial charge in [0.2, 0.25) is 5.88 Å². The van der Waals surface area contributed by atoms with Gasteiger partial charge in [-0.05, 0) is 51.1 Å². The number of hydrogen-bond acceptors (Lipinski definition) is 4. The highest BCUT2D eigenvalue weighted by molar-refractivity contribution is 5.33. The molecule has 0 bridgehead atoms. The first kappa shape index (κ1) is 16.7. The van der Waals surface area contributed by atoms with Crippen molar-refractivity contribution in [3.05, 3.63) is 47.4 Å². The molecule has 0 amide bonds. The van der Waals surface area contributed by atoms with E-state index in [4.69, 9.17) is 4.74 Å². The first-order valence-electron chi connectivity index (χ1n) is 7.83. The summed E-state index contributed by atoms with van der Waals surface area (Å²) in [6.45, 7) is 3.64. The van der Waals surface area contributed by atoms with Crippen molar-refractivity contribution in [1.29, 1.82) is 0 Å². The Labute approximate surface area is 138 Å². The van der Waals surface area contributed by atoms with Crippen LogP contribution in [0.15, 0.2) is 30.3 Å². The Morgan fingerprint density at radius 2 is 1.88 bits per heavy atom. The highest BCUT2D eigenvalue weighted by atomic mass is 19.4. The molecule has 1 aliphatic rings. The van der Waals surface area contributed by atoms with Gasteiger partial charge >= 0.3 is 6.18 Å². The van der Waals surface area contributed by atoms with Crippen LogP contribution in [0.2, 0.25) is 0 Å². The van der Waals surface area contributed by atoms with Crippen LogP contribution in [-0.4, -0.2) is 23.1 Å². The number of nitrogens with zero attached hydrogens (tertiary/aromatic N) is 2. The van der Waals surface area contributed by atoms with Gasteiger partial charge in [0.15, 0.2) is 0 Å². The quantitative estimate of drug-likeness (QED) is 0.917.